The van der Waals surface area contributed by atoms with Crippen LogP contribution in [0.25, 0.3) is 0 Å². The monoisotopic (exact) mass is 250 g/mol. The Morgan fingerprint density at radius 2 is 2.28 bits per heavy atom. The van der Waals surface area contributed by atoms with E-state index in [4.69, 9.17) is 10.2 Å². The Balaban J connectivity index is 2.15. The van der Waals surface area contributed by atoms with Crippen molar-refractivity contribution in [2.45, 2.75) is 51.6 Å². The highest BCUT2D eigenvalue weighted by Gasteiger charge is 2.34. The summed E-state index contributed by atoms with van der Waals surface area (Å²) in [6.45, 7) is 6.37. The van der Waals surface area contributed by atoms with Crippen molar-refractivity contribution in [3.63, 3.8) is 0 Å². The average molecular weight is 250 g/mol. The first-order chi connectivity index (χ1) is 8.81. The summed E-state index contributed by atoms with van der Waals surface area (Å²) in [7, 11) is 0. The topological polar surface area (TPSA) is 42.4 Å². The van der Waals surface area contributed by atoms with E-state index in [0.717, 1.165) is 25.3 Å². The average Bonchev–Trinajstić information content (AvgIpc) is 3.06. The van der Waals surface area contributed by atoms with Crippen LogP contribution >= 0.6 is 0 Å². The second kappa shape index (κ2) is 6.39. The first-order valence-corrected chi connectivity index (χ1v) is 7.31. The normalized spacial score (nSPS) is 25.8. The molecule has 3 nitrogen and oxygen atoms in total. The van der Waals surface area contributed by atoms with E-state index < -0.39 is 0 Å². The van der Waals surface area contributed by atoms with Gasteiger partial charge in [-0.15, -0.1) is 0 Å². The Kier molecular flexibility index (Phi) is 4.84. The zero-order valence-electron chi connectivity index (χ0n) is 11.6. The summed E-state index contributed by atoms with van der Waals surface area (Å²) in [5.74, 6) is 1.76. The molecular formula is C15H26N2O. The van der Waals surface area contributed by atoms with Crippen LogP contribution in [-0.2, 0) is 0 Å². The summed E-state index contributed by atoms with van der Waals surface area (Å²) in [5.41, 5.74) is 5.93. The molecule has 0 bridgehead atoms. The summed E-state index contributed by atoms with van der Waals surface area (Å²) in [4.78, 5) is 2.60. The molecule has 2 rings (SSSR count). The van der Waals surface area contributed by atoms with Gasteiger partial charge in [-0.2, -0.15) is 0 Å². The highest BCUT2D eigenvalue weighted by atomic mass is 16.3. The Bertz CT molecular complexity index is 336. The van der Waals surface area contributed by atoms with Crippen molar-refractivity contribution in [3.05, 3.63) is 24.2 Å². The molecule has 3 unspecified atom stereocenters. The van der Waals surface area contributed by atoms with Gasteiger partial charge in [-0.3, -0.25) is 4.90 Å². The van der Waals surface area contributed by atoms with Gasteiger partial charge in [0, 0.05) is 6.04 Å². The SMILES string of the molecule is CCC(c1ccco1)N(CC)C1CCCC1CN. The number of furan rings is 1. The largest absolute Gasteiger partial charge is 0.468 e. The molecule has 3 heteroatoms. The predicted octanol–water partition coefficient (Wildman–Crippen LogP) is 3.18. The number of nitrogens with two attached hydrogens (primary N) is 1. The molecule has 0 amide bonds. The van der Waals surface area contributed by atoms with Crippen LogP contribution in [0.2, 0.25) is 0 Å². The van der Waals surface area contributed by atoms with Crippen molar-refractivity contribution in [3.8, 4) is 0 Å². The quantitative estimate of drug-likeness (QED) is 0.843. The van der Waals surface area contributed by atoms with Gasteiger partial charge < -0.3 is 10.2 Å². The fraction of sp³-hybridized carbons (Fsp3) is 0.733. The van der Waals surface area contributed by atoms with E-state index in [-0.39, 0.29) is 0 Å². The summed E-state index contributed by atoms with van der Waals surface area (Å²) >= 11 is 0. The minimum Gasteiger partial charge on any atom is -0.468 e. The molecule has 0 radical (unpaired) electrons. The zero-order chi connectivity index (χ0) is 13.0. The summed E-state index contributed by atoms with van der Waals surface area (Å²) in [6.07, 6.45) is 6.76. The van der Waals surface area contributed by atoms with Crippen LogP contribution in [0.5, 0.6) is 0 Å². The molecule has 102 valence electrons. The first-order valence-electron chi connectivity index (χ1n) is 7.31. The molecule has 0 spiro atoms. The Hall–Kier alpha value is -0.800. The van der Waals surface area contributed by atoms with Crippen molar-refractivity contribution in [1.29, 1.82) is 0 Å². The van der Waals surface area contributed by atoms with Crippen LogP contribution in [0, 0.1) is 5.92 Å². The molecule has 1 heterocycles. The van der Waals surface area contributed by atoms with Crippen molar-refractivity contribution in [2.24, 2.45) is 11.7 Å². The fourth-order valence-corrected chi connectivity index (χ4v) is 3.49. The maximum absolute atomic E-state index is 5.93. The standard InChI is InChI=1S/C15H26N2O/c1-3-13(15-9-6-10-18-15)17(4-2)14-8-5-7-12(14)11-16/h6,9-10,12-14H,3-5,7-8,11,16H2,1-2H3. The van der Waals surface area contributed by atoms with E-state index in [1.165, 1.54) is 19.3 Å². The third kappa shape index (κ3) is 2.62. The van der Waals surface area contributed by atoms with Crippen LogP contribution in [0.1, 0.15) is 51.3 Å². The lowest BCUT2D eigenvalue weighted by Gasteiger charge is -2.37. The van der Waals surface area contributed by atoms with E-state index >= 15 is 0 Å². The van der Waals surface area contributed by atoms with Crippen LogP contribution in [0.4, 0.5) is 0 Å². The van der Waals surface area contributed by atoms with Gasteiger partial charge in [0.2, 0.25) is 0 Å². The van der Waals surface area contributed by atoms with Crippen molar-refractivity contribution >= 4 is 0 Å². The Morgan fingerprint density at radius 3 is 2.83 bits per heavy atom. The number of hydrogen-bond acceptors (Lipinski definition) is 3. The van der Waals surface area contributed by atoms with Crippen LogP contribution < -0.4 is 5.73 Å². The van der Waals surface area contributed by atoms with E-state index in [9.17, 15) is 0 Å². The summed E-state index contributed by atoms with van der Waals surface area (Å²) < 4.78 is 5.62. The molecule has 1 aromatic heterocycles. The first kappa shape index (κ1) is 13.6. The Morgan fingerprint density at radius 1 is 1.44 bits per heavy atom. The smallest absolute Gasteiger partial charge is 0.120 e. The maximum Gasteiger partial charge on any atom is 0.120 e. The lowest BCUT2D eigenvalue weighted by molar-refractivity contribution is 0.0972. The minimum absolute atomic E-state index is 0.405. The molecule has 1 aromatic rings. The summed E-state index contributed by atoms with van der Waals surface area (Å²) in [6, 6.07) is 5.13. The molecule has 0 aromatic carbocycles. The van der Waals surface area contributed by atoms with Crippen molar-refractivity contribution in [2.75, 3.05) is 13.1 Å². The molecule has 1 fully saturated rings. The molecule has 2 N–H and O–H groups in total. The number of nitrogens with zero attached hydrogens (tertiary/aromatic N) is 1. The van der Waals surface area contributed by atoms with Crippen LogP contribution in [0.15, 0.2) is 22.8 Å². The van der Waals surface area contributed by atoms with Gasteiger partial charge in [0.25, 0.3) is 0 Å². The lowest BCUT2D eigenvalue weighted by Crippen LogP contribution is -2.42. The molecule has 0 aliphatic heterocycles. The van der Waals surface area contributed by atoms with Gasteiger partial charge in [0.15, 0.2) is 0 Å². The van der Waals surface area contributed by atoms with Gasteiger partial charge in [-0.05, 0) is 50.4 Å². The van der Waals surface area contributed by atoms with Gasteiger partial charge in [0.1, 0.15) is 5.76 Å². The minimum atomic E-state index is 0.405. The van der Waals surface area contributed by atoms with Crippen LogP contribution in [-0.4, -0.2) is 24.0 Å². The molecule has 1 aliphatic rings. The lowest BCUT2D eigenvalue weighted by atomic mass is 9.98. The molecule has 3 atom stereocenters. The second-order valence-corrected chi connectivity index (χ2v) is 5.26. The zero-order valence-corrected chi connectivity index (χ0v) is 11.6. The Labute approximate surface area is 110 Å². The van der Waals surface area contributed by atoms with Gasteiger partial charge in [-0.1, -0.05) is 20.3 Å². The maximum atomic E-state index is 5.93. The molecule has 18 heavy (non-hydrogen) atoms. The van der Waals surface area contributed by atoms with E-state index in [1.54, 1.807) is 6.26 Å². The van der Waals surface area contributed by atoms with Crippen molar-refractivity contribution in [1.82, 2.24) is 4.90 Å². The summed E-state index contributed by atoms with van der Waals surface area (Å²) in [5, 5.41) is 0. The van der Waals surface area contributed by atoms with Gasteiger partial charge in [-0.25, -0.2) is 0 Å². The van der Waals surface area contributed by atoms with Gasteiger partial charge in [0.05, 0.1) is 12.3 Å². The molecule has 1 saturated carbocycles. The molecule has 0 saturated heterocycles. The third-order valence-corrected chi connectivity index (χ3v) is 4.37. The van der Waals surface area contributed by atoms with E-state index in [0.29, 0.717) is 18.0 Å². The number of rotatable bonds is 6. The van der Waals surface area contributed by atoms with Crippen molar-refractivity contribution < 1.29 is 4.42 Å². The van der Waals surface area contributed by atoms with Crippen LogP contribution in [0.3, 0.4) is 0 Å². The predicted molar refractivity (Wildman–Crippen MR) is 74.3 cm³/mol. The highest BCUT2D eigenvalue weighted by molar-refractivity contribution is 5.06. The number of hydrogen-bond donors (Lipinski definition) is 1. The third-order valence-electron chi connectivity index (χ3n) is 4.37. The van der Waals surface area contributed by atoms with Gasteiger partial charge >= 0.3 is 0 Å². The van der Waals surface area contributed by atoms with E-state index in [1.807, 2.05) is 6.07 Å². The second-order valence-electron chi connectivity index (χ2n) is 5.26. The highest BCUT2D eigenvalue weighted by Crippen LogP contribution is 2.35. The fourth-order valence-electron chi connectivity index (χ4n) is 3.49. The van der Waals surface area contributed by atoms with E-state index in [2.05, 4.69) is 24.8 Å². The molecular weight excluding hydrogens is 224 g/mol. The molecule has 1 aliphatic carbocycles.